The Morgan fingerprint density at radius 1 is 1.14 bits per heavy atom. The lowest BCUT2D eigenvalue weighted by molar-refractivity contribution is -0.124. The van der Waals surface area contributed by atoms with E-state index in [9.17, 15) is 14.7 Å². The Kier molecular flexibility index (Phi) is 8.06. The summed E-state index contributed by atoms with van der Waals surface area (Å²) in [5.74, 6) is -0.260. The van der Waals surface area contributed by atoms with E-state index in [0.29, 0.717) is 12.5 Å². The van der Waals surface area contributed by atoms with Gasteiger partial charge in [0.05, 0.1) is 12.7 Å². The highest BCUT2D eigenvalue weighted by molar-refractivity contribution is 6.01. The van der Waals surface area contributed by atoms with E-state index in [2.05, 4.69) is 30.2 Å². The lowest BCUT2D eigenvalue weighted by Crippen LogP contribution is -2.43. The Labute approximate surface area is 207 Å². The molecular formula is C28H37N3O4. The van der Waals surface area contributed by atoms with Crippen LogP contribution < -0.4 is 4.90 Å². The van der Waals surface area contributed by atoms with E-state index >= 15 is 0 Å². The number of ether oxygens (including phenoxy) is 1. The second-order valence-electron chi connectivity index (χ2n) is 10.3. The number of aromatic carboxylic acids is 1. The molecule has 0 aliphatic heterocycles. The molecule has 4 rings (SSSR count). The first-order chi connectivity index (χ1) is 16.8. The maximum atomic E-state index is 13.5. The molecule has 188 valence electrons. The SMILES string of the molecule is CC1CCC(C(=O)N(c2nn(C3=CCC(OCc4ccccc4)CC3)cc2C(=O)O)C(C)C)CC1. The molecule has 0 saturated heterocycles. The van der Waals surface area contributed by atoms with Crippen molar-refractivity contribution in [1.82, 2.24) is 9.78 Å². The Morgan fingerprint density at radius 3 is 2.46 bits per heavy atom. The molecule has 2 aliphatic carbocycles. The van der Waals surface area contributed by atoms with E-state index in [1.165, 1.54) is 0 Å². The fourth-order valence-corrected chi connectivity index (χ4v) is 5.09. The third kappa shape index (κ3) is 6.01. The van der Waals surface area contributed by atoms with E-state index < -0.39 is 5.97 Å². The zero-order valence-electron chi connectivity index (χ0n) is 21.0. The number of allylic oxidation sites excluding steroid dienone is 1. The number of carbonyl (C=O) groups is 2. The van der Waals surface area contributed by atoms with Crippen LogP contribution in [0.1, 0.15) is 81.6 Å². The monoisotopic (exact) mass is 479 g/mol. The summed E-state index contributed by atoms with van der Waals surface area (Å²) >= 11 is 0. The highest BCUT2D eigenvalue weighted by atomic mass is 16.5. The molecule has 1 amide bonds. The van der Waals surface area contributed by atoms with E-state index in [4.69, 9.17) is 4.74 Å². The fraction of sp³-hybridized carbons (Fsp3) is 0.536. The summed E-state index contributed by atoms with van der Waals surface area (Å²) in [5.41, 5.74) is 2.16. The molecule has 1 saturated carbocycles. The highest BCUT2D eigenvalue weighted by Crippen LogP contribution is 2.33. The summed E-state index contributed by atoms with van der Waals surface area (Å²) in [6, 6.07) is 9.93. The second kappa shape index (κ2) is 11.2. The van der Waals surface area contributed by atoms with E-state index in [1.807, 2.05) is 32.0 Å². The minimum absolute atomic E-state index is 0.00773. The minimum Gasteiger partial charge on any atom is -0.477 e. The molecule has 1 fully saturated rings. The van der Waals surface area contributed by atoms with Crippen molar-refractivity contribution in [2.75, 3.05) is 4.90 Å². The van der Waals surface area contributed by atoms with E-state index in [1.54, 1.807) is 15.8 Å². The maximum absolute atomic E-state index is 13.5. The molecule has 7 nitrogen and oxygen atoms in total. The van der Waals surface area contributed by atoms with Crippen molar-refractivity contribution in [2.24, 2.45) is 11.8 Å². The fourth-order valence-electron chi connectivity index (χ4n) is 5.09. The molecule has 1 unspecified atom stereocenters. The van der Waals surface area contributed by atoms with Crippen molar-refractivity contribution < 1.29 is 19.4 Å². The van der Waals surface area contributed by atoms with Gasteiger partial charge in [-0.15, -0.1) is 5.10 Å². The molecule has 0 spiro atoms. The normalized spacial score (nSPS) is 22.6. The van der Waals surface area contributed by atoms with Crippen LogP contribution in [-0.4, -0.2) is 38.9 Å². The molecule has 1 atom stereocenters. The molecule has 7 heteroatoms. The van der Waals surface area contributed by atoms with Gasteiger partial charge in [-0.25, -0.2) is 9.48 Å². The zero-order valence-corrected chi connectivity index (χ0v) is 21.0. The van der Waals surface area contributed by atoms with Crippen molar-refractivity contribution in [3.8, 4) is 0 Å². The third-order valence-electron chi connectivity index (χ3n) is 7.23. The first-order valence-corrected chi connectivity index (χ1v) is 12.8. The van der Waals surface area contributed by atoms with Gasteiger partial charge >= 0.3 is 5.97 Å². The van der Waals surface area contributed by atoms with Crippen LogP contribution in [0.5, 0.6) is 0 Å². The van der Waals surface area contributed by atoms with Gasteiger partial charge in [0, 0.05) is 23.9 Å². The molecular weight excluding hydrogens is 442 g/mol. The molecule has 2 aliphatic rings. The quantitative estimate of drug-likeness (QED) is 0.520. The number of benzene rings is 1. The van der Waals surface area contributed by atoms with Gasteiger partial charge in [-0.3, -0.25) is 9.69 Å². The van der Waals surface area contributed by atoms with Crippen LogP contribution >= 0.6 is 0 Å². The summed E-state index contributed by atoms with van der Waals surface area (Å²) in [4.78, 5) is 27.2. The maximum Gasteiger partial charge on any atom is 0.341 e. The third-order valence-corrected chi connectivity index (χ3v) is 7.23. The smallest absolute Gasteiger partial charge is 0.341 e. The molecule has 1 N–H and O–H groups in total. The van der Waals surface area contributed by atoms with Gasteiger partial charge in [0.1, 0.15) is 5.56 Å². The van der Waals surface area contributed by atoms with Crippen LogP contribution in [0.4, 0.5) is 5.82 Å². The number of amides is 1. The highest BCUT2D eigenvalue weighted by Gasteiger charge is 2.34. The van der Waals surface area contributed by atoms with Gasteiger partial charge in [0.15, 0.2) is 5.82 Å². The number of carbonyl (C=O) groups excluding carboxylic acids is 1. The number of hydrogen-bond donors (Lipinski definition) is 1. The largest absolute Gasteiger partial charge is 0.477 e. The average molecular weight is 480 g/mol. The summed E-state index contributed by atoms with van der Waals surface area (Å²) < 4.78 is 7.73. The van der Waals surface area contributed by atoms with Gasteiger partial charge < -0.3 is 9.84 Å². The molecule has 35 heavy (non-hydrogen) atoms. The number of aromatic nitrogens is 2. The lowest BCUT2D eigenvalue weighted by Gasteiger charge is -2.32. The van der Waals surface area contributed by atoms with Crippen molar-refractivity contribution in [1.29, 1.82) is 0 Å². The summed E-state index contributed by atoms with van der Waals surface area (Å²) in [6.45, 7) is 6.64. The topological polar surface area (TPSA) is 84.7 Å². The predicted molar refractivity (Wildman–Crippen MR) is 136 cm³/mol. The molecule has 1 heterocycles. The first-order valence-electron chi connectivity index (χ1n) is 12.8. The predicted octanol–water partition coefficient (Wildman–Crippen LogP) is 5.76. The van der Waals surface area contributed by atoms with Gasteiger partial charge in [0.25, 0.3) is 0 Å². The number of rotatable bonds is 8. The number of anilines is 1. The number of carboxylic acid groups (broad SMARTS) is 1. The van der Waals surface area contributed by atoms with Crippen LogP contribution in [0.25, 0.3) is 5.70 Å². The Hall–Kier alpha value is -2.93. The van der Waals surface area contributed by atoms with Crippen molar-refractivity contribution >= 4 is 23.4 Å². The van der Waals surface area contributed by atoms with Gasteiger partial charge in [-0.05, 0) is 70.3 Å². The van der Waals surface area contributed by atoms with Crippen molar-refractivity contribution in [3.05, 3.63) is 53.7 Å². The standard InChI is InChI=1S/C28H37N3O4/c1-19(2)31(27(32)22-11-9-20(3)10-12-22)26-25(28(33)34)17-30(29-26)23-13-15-24(16-14-23)35-18-21-7-5-4-6-8-21/h4-8,13,17,19-20,22,24H,9-12,14-16,18H2,1-3H3,(H,33,34). The number of hydrogen-bond acceptors (Lipinski definition) is 4. The second-order valence-corrected chi connectivity index (χ2v) is 10.3. The number of carboxylic acids is 1. The molecule has 0 radical (unpaired) electrons. The van der Waals surface area contributed by atoms with Crippen molar-refractivity contribution in [3.63, 3.8) is 0 Å². The first kappa shape index (κ1) is 25.2. The molecule has 2 aromatic rings. The van der Waals surface area contributed by atoms with Crippen LogP contribution in [0.15, 0.2) is 42.6 Å². The Morgan fingerprint density at radius 2 is 1.86 bits per heavy atom. The Balaban J connectivity index is 1.50. The van der Waals surface area contributed by atoms with E-state index in [0.717, 1.165) is 56.2 Å². The average Bonchev–Trinajstić information content (AvgIpc) is 3.29. The van der Waals surface area contributed by atoms with Gasteiger partial charge in [-0.1, -0.05) is 43.3 Å². The van der Waals surface area contributed by atoms with Crippen LogP contribution in [0, 0.1) is 11.8 Å². The van der Waals surface area contributed by atoms with E-state index in [-0.39, 0.29) is 35.4 Å². The zero-order chi connectivity index (χ0) is 24.9. The molecule has 1 aromatic heterocycles. The minimum atomic E-state index is -1.07. The van der Waals surface area contributed by atoms with Crippen molar-refractivity contribution in [2.45, 2.75) is 84.5 Å². The van der Waals surface area contributed by atoms with Gasteiger partial charge in [0.2, 0.25) is 5.91 Å². The summed E-state index contributed by atoms with van der Waals surface area (Å²) in [7, 11) is 0. The van der Waals surface area contributed by atoms with Crippen LogP contribution in [0.3, 0.4) is 0 Å². The van der Waals surface area contributed by atoms with Crippen LogP contribution in [-0.2, 0) is 16.1 Å². The molecule has 1 aromatic carbocycles. The Bertz CT molecular complexity index is 1050. The summed E-state index contributed by atoms with van der Waals surface area (Å²) in [6.07, 6.45) is 9.82. The number of nitrogens with zero attached hydrogens (tertiary/aromatic N) is 3. The lowest BCUT2D eigenvalue weighted by atomic mass is 9.82. The molecule has 0 bridgehead atoms. The summed E-state index contributed by atoms with van der Waals surface area (Å²) in [5, 5.41) is 14.6. The van der Waals surface area contributed by atoms with Gasteiger partial charge in [-0.2, -0.15) is 0 Å². The van der Waals surface area contributed by atoms with Crippen LogP contribution in [0.2, 0.25) is 0 Å².